The molecule has 0 spiro atoms. The van der Waals surface area contributed by atoms with Gasteiger partial charge in [-0.25, -0.2) is 0 Å². The quantitative estimate of drug-likeness (QED) is 0.556. The lowest BCUT2D eigenvalue weighted by atomic mass is 9.97. The topological polar surface area (TPSA) is 80.5 Å². The first-order valence-corrected chi connectivity index (χ1v) is 12.3. The lowest BCUT2D eigenvalue weighted by molar-refractivity contribution is -0.126. The predicted molar refractivity (Wildman–Crippen MR) is 123 cm³/mol. The Morgan fingerprint density at radius 3 is 2.88 bits per heavy atom. The SMILES string of the molecule is O=C(NCCCOC1CCCCC1)C1CCCN(Cc2nc(-c3ccccc3Cl)no2)C1. The second kappa shape index (κ2) is 11.8. The molecule has 7 nitrogen and oxygen atoms in total. The van der Waals surface area contributed by atoms with Gasteiger partial charge in [0.2, 0.25) is 17.6 Å². The van der Waals surface area contributed by atoms with Crippen LogP contribution in [0.15, 0.2) is 28.8 Å². The summed E-state index contributed by atoms with van der Waals surface area (Å²) in [6, 6.07) is 7.45. The van der Waals surface area contributed by atoms with Gasteiger partial charge in [-0.05, 0) is 50.8 Å². The van der Waals surface area contributed by atoms with E-state index in [-0.39, 0.29) is 11.8 Å². The highest BCUT2D eigenvalue weighted by atomic mass is 35.5. The third kappa shape index (κ3) is 6.53. The van der Waals surface area contributed by atoms with Crippen LogP contribution in [0.25, 0.3) is 11.4 Å². The molecule has 1 amide bonds. The van der Waals surface area contributed by atoms with Gasteiger partial charge in [0.05, 0.1) is 23.6 Å². The molecule has 2 fully saturated rings. The highest BCUT2D eigenvalue weighted by Crippen LogP contribution is 2.26. The Balaban J connectivity index is 1.19. The number of piperidine rings is 1. The molecule has 1 aromatic heterocycles. The molecular formula is C24H33ClN4O3. The van der Waals surface area contributed by atoms with Crippen molar-refractivity contribution in [3.63, 3.8) is 0 Å². The zero-order chi connectivity index (χ0) is 22.2. The van der Waals surface area contributed by atoms with E-state index in [0.29, 0.717) is 42.5 Å². The van der Waals surface area contributed by atoms with Crippen molar-refractivity contribution in [3.05, 3.63) is 35.2 Å². The third-order valence-electron chi connectivity index (χ3n) is 6.34. The fourth-order valence-electron chi connectivity index (χ4n) is 4.59. The number of likely N-dealkylation sites (tertiary alicyclic amines) is 1. The van der Waals surface area contributed by atoms with Crippen molar-refractivity contribution in [1.82, 2.24) is 20.4 Å². The van der Waals surface area contributed by atoms with Crippen LogP contribution >= 0.6 is 11.6 Å². The zero-order valence-electron chi connectivity index (χ0n) is 18.6. The number of aromatic nitrogens is 2. The Morgan fingerprint density at radius 2 is 2.03 bits per heavy atom. The number of halogens is 1. The molecule has 2 aliphatic rings. The fraction of sp³-hybridized carbons (Fsp3) is 0.625. The zero-order valence-corrected chi connectivity index (χ0v) is 19.4. The number of ether oxygens (including phenoxy) is 1. The Bertz CT molecular complexity index is 868. The molecule has 1 saturated carbocycles. The lowest BCUT2D eigenvalue weighted by Gasteiger charge is -2.30. The number of carbonyl (C=O) groups is 1. The van der Waals surface area contributed by atoms with E-state index >= 15 is 0 Å². The molecule has 4 rings (SSSR count). The standard InChI is InChI=1S/C24H33ClN4O3/c25-21-12-5-4-11-20(21)23-27-22(32-28-23)17-29-14-6-8-18(16-29)24(30)26-13-7-15-31-19-9-2-1-3-10-19/h4-5,11-12,18-19H,1-3,6-10,13-17H2,(H,26,30). The minimum Gasteiger partial charge on any atom is -0.378 e. The van der Waals surface area contributed by atoms with Crippen LogP contribution in [-0.4, -0.2) is 53.3 Å². The summed E-state index contributed by atoms with van der Waals surface area (Å²) in [6.07, 6.45) is 9.46. The van der Waals surface area contributed by atoms with Gasteiger partial charge < -0.3 is 14.6 Å². The van der Waals surface area contributed by atoms with Crippen LogP contribution in [0.2, 0.25) is 5.02 Å². The van der Waals surface area contributed by atoms with E-state index in [2.05, 4.69) is 20.4 Å². The Hall–Kier alpha value is -1.96. The first-order valence-electron chi connectivity index (χ1n) is 11.9. The summed E-state index contributed by atoms with van der Waals surface area (Å²) < 4.78 is 11.4. The average Bonchev–Trinajstić information content (AvgIpc) is 3.28. The van der Waals surface area contributed by atoms with E-state index in [4.69, 9.17) is 20.9 Å². The summed E-state index contributed by atoms with van der Waals surface area (Å²) in [6.45, 7) is 3.56. The minimum atomic E-state index is -0.00558. The van der Waals surface area contributed by atoms with Crippen molar-refractivity contribution < 1.29 is 14.1 Å². The van der Waals surface area contributed by atoms with Crippen molar-refractivity contribution in [2.45, 2.75) is 64.0 Å². The average molecular weight is 461 g/mol. The normalized spacial score (nSPS) is 20.3. The summed E-state index contributed by atoms with van der Waals surface area (Å²) in [4.78, 5) is 19.4. The highest BCUT2D eigenvalue weighted by Gasteiger charge is 2.27. The van der Waals surface area contributed by atoms with Crippen LogP contribution in [0.1, 0.15) is 57.3 Å². The molecule has 1 aliphatic carbocycles. The smallest absolute Gasteiger partial charge is 0.241 e. The first-order chi connectivity index (χ1) is 15.7. The van der Waals surface area contributed by atoms with Crippen LogP contribution in [0, 0.1) is 5.92 Å². The third-order valence-corrected chi connectivity index (χ3v) is 6.67. The van der Waals surface area contributed by atoms with Crippen molar-refractivity contribution >= 4 is 17.5 Å². The summed E-state index contributed by atoms with van der Waals surface area (Å²) in [7, 11) is 0. The van der Waals surface area contributed by atoms with Crippen LogP contribution in [0.5, 0.6) is 0 Å². The molecule has 8 heteroatoms. The molecule has 1 aliphatic heterocycles. The number of nitrogens with one attached hydrogen (secondary N) is 1. The van der Waals surface area contributed by atoms with Crippen LogP contribution < -0.4 is 5.32 Å². The summed E-state index contributed by atoms with van der Waals surface area (Å²) >= 11 is 6.23. The van der Waals surface area contributed by atoms with Crippen LogP contribution in [0.3, 0.4) is 0 Å². The molecule has 1 unspecified atom stereocenters. The number of carbonyl (C=O) groups excluding carboxylic acids is 1. The van der Waals surface area contributed by atoms with E-state index in [1.54, 1.807) is 0 Å². The Kier molecular flexibility index (Phi) is 8.54. The maximum atomic E-state index is 12.6. The van der Waals surface area contributed by atoms with Gasteiger partial charge >= 0.3 is 0 Å². The number of hydrogen-bond donors (Lipinski definition) is 1. The van der Waals surface area contributed by atoms with Crippen molar-refractivity contribution in [1.29, 1.82) is 0 Å². The highest BCUT2D eigenvalue weighted by molar-refractivity contribution is 6.33. The van der Waals surface area contributed by atoms with E-state index in [9.17, 15) is 4.79 Å². The van der Waals surface area contributed by atoms with Gasteiger partial charge in [-0.2, -0.15) is 4.98 Å². The van der Waals surface area contributed by atoms with Crippen LogP contribution in [-0.2, 0) is 16.1 Å². The van der Waals surface area contributed by atoms with Gasteiger partial charge in [-0.1, -0.05) is 48.2 Å². The summed E-state index contributed by atoms with van der Waals surface area (Å²) in [5.41, 5.74) is 0.757. The van der Waals surface area contributed by atoms with E-state index < -0.39 is 0 Å². The summed E-state index contributed by atoms with van der Waals surface area (Å²) in [5.74, 6) is 1.16. The number of benzene rings is 1. The number of amides is 1. The monoisotopic (exact) mass is 460 g/mol. The van der Waals surface area contributed by atoms with E-state index in [1.165, 1.54) is 32.1 Å². The molecule has 32 heavy (non-hydrogen) atoms. The maximum absolute atomic E-state index is 12.6. The largest absolute Gasteiger partial charge is 0.378 e. The number of rotatable bonds is 9. The molecule has 1 atom stereocenters. The molecular weight excluding hydrogens is 428 g/mol. The Morgan fingerprint density at radius 1 is 1.19 bits per heavy atom. The molecule has 2 heterocycles. The fourth-order valence-corrected chi connectivity index (χ4v) is 4.81. The van der Waals surface area contributed by atoms with Gasteiger partial charge in [0.25, 0.3) is 0 Å². The molecule has 1 N–H and O–H groups in total. The van der Waals surface area contributed by atoms with Crippen LogP contribution in [0.4, 0.5) is 0 Å². The van der Waals surface area contributed by atoms with Crippen molar-refractivity contribution in [2.75, 3.05) is 26.2 Å². The van der Waals surface area contributed by atoms with Gasteiger partial charge in [-0.15, -0.1) is 0 Å². The second-order valence-electron chi connectivity index (χ2n) is 8.84. The maximum Gasteiger partial charge on any atom is 0.241 e. The van der Waals surface area contributed by atoms with Crippen molar-refractivity contribution in [3.8, 4) is 11.4 Å². The molecule has 0 bridgehead atoms. The predicted octanol–water partition coefficient (Wildman–Crippen LogP) is 4.46. The summed E-state index contributed by atoms with van der Waals surface area (Å²) in [5, 5.41) is 7.76. The van der Waals surface area contributed by atoms with E-state index in [1.807, 2.05) is 24.3 Å². The van der Waals surface area contributed by atoms with Crippen molar-refractivity contribution in [2.24, 2.45) is 5.92 Å². The molecule has 174 valence electrons. The molecule has 2 aromatic rings. The van der Waals surface area contributed by atoms with Gasteiger partial charge in [0, 0.05) is 25.3 Å². The molecule has 1 aromatic carbocycles. The number of nitrogens with zero attached hydrogens (tertiary/aromatic N) is 3. The minimum absolute atomic E-state index is 0.00558. The molecule has 1 saturated heterocycles. The van der Waals surface area contributed by atoms with E-state index in [0.717, 1.165) is 38.0 Å². The Labute approximate surface area is 194 Å². The van der Waals surface area contributed by atoms with Gasteiger partial charge in [0.15, 0.2) is 0 Å². The van der Waals surface area contributed by atoms with Gasteiger partial charge in [-0.3, -0.25) is 9.69 Å². The second-order valence-corrected chi connectivity index (χ2v) is 9.25. The lowest BCUT2D eigenvalue weighted by Crippen LogP contribution is -2.43. The molecule has 0 radical (unpaired) electrons. The first kappa shape index (κ1) is 23.2. The number of hydrogen-bond acceptors (Lipinski definition) is 6. The van der Waals surface area contributed by atoms with Gasteiger partial charge in [0.1, 0.15) is 0 Å².